The normalized spacial score (nSPS) is 14.2. The van der Waals surface area contributed by atoms with Crippen LogP contribution >= 0.6 is 0 Å². The van der Waals surface area contributed by atoms with Crippen LogP contribution in [0.5, 0.6) is 0 Å². The zero-order valence-corrected chi connectivity index (χ0v) is 8.75. The average molecular weight is 252 g/mol. The third kappa shape index (κ3) is 3.54. The van der Waals surface area contributed by atoms with Gasteiger partial charge in [0, 0.05) is 0 Å². The van der Waals surface area contributed by atoms with Gasteiger partial charge in [-0.05, 0) is 12.8 Å². The molecule has 0 fully saturated rings. The quantitative estimate of drug-likeness (QED) is 0.582. The van der Waals surface area contributed by atoms with Gasteiger partial charge in [-0.2, -0.15) is 26.3 Å². The smallest absolute Gasteiger partial charge is 0.374 e. The Hall–Kier alpha value is -0.460. The maximum absolute atomic E-state index is 12.1. The fourth-order valence-electron chi connectivity index (χ4n) is 1.25. The van der Waals surface area contributed by atoms with E-state index in [-0.39, 0.29) is 12.8 Å². The van der Waals surface area contributed by atoms with Crippen molar-refractivity contribution in [2.45, 2.75) is 57.0 Å². The lowest BCUT2D eigenvalue weighted by atomic mass is 9.94. The van der Waals surface area contributed by atoms with Crippen LogP contribution in [0.1, 0.15) is 39.0 Å². The highest BCUT2D eigenvalue weighted by Crippen LogP contribution is 2.46. The molecule has 0 aliphatic heterocycles. The van der Waals surface area contributed by atoms with E-state index in [4.69, 9.17) is 5.11 Å². The fourth-order valence-corrected chi connectivity index (χ4v) is 1.25. The predicted molar refractivity (Wildman–Crippen MR) is 45.8 cm³/mol. The van der Waals surface area contributed by atoms with E-state index in [9.17, 15) is 26.3 Å². The maximum atomic E-state index is 12.1. The molecular weight excluding hydrogens is 238 g/mol. The lowest BCUT2D eigenvalue weighted by Crippen LogP contribution is -2.56. The van der Waals surface area contributed by atoms with Crippen molar-refractivity contribution in [3.63, 3.8) is 0 Å². The van der Waals surface area contributed by atoms with Crippen LogP contribution < -0.4 is 0 Å². The SMILES string of the molecule is CCCCCCC(O)(C(F)(F)F)C(F)(F)F. The minimum Gasteiger partial charge on any atom is -0.374 e. The molecule has 16 heavy (non-hydrogen) atoms. The highest BCUT2D eigenvalue weighted by Gasteiger charge is 2.69. The lowest BCUT2D eigenvalue weighted by molar-refractivity contribution is -0.370. The zero-order chi connectivity index (χ0) is 13.0. The molecular formula is C9H14F6O. The van der Waals surface area contributed by atoms with Gasteiger partial charge in [0.15, 0.2) is 0 Å². The minimum absolute atomic E-state index is 0.241. The highest BCUT2D eigenvalue weighted by atomic mass is 19.4. The molecule has 7 heteroatoms. The first kappa shape index (κ1) is 15.5. The second kappa shape index (κ2) is 5.25. The second-order valence-corrected chi connectivity index (χ2v) is 3.67. The van der Waals surface area contributed by atoms with E-state index in [1.165, 1.54) is 0 Å². The van der Waals surface area contributed by atoms with Crippen LogP contribution in [0.25, 0.3) is 0 Å². The summed E-state index contributed by atoms with van der Waals surface area (Å²) in [5.74, 6) is 0. The maximum Gasteiger partial charge on any atom is 0.426 e. The molecule has 0 aromatic rings. The molecule has 1 nitrogen and oxygen atoms in total. The van der Waals surface area contributed by atoms with Crippen molar-refractivity contribution in [2.24, 2.45) is 0 Å². The minimum atomic E-state index is -5.68. The summed E-state index contributed by atoms with van der Waals surface area (Å²) in [6, 6.07) is 0. The molecule has 0 heterocycles. The molecule has 0 aromatic heterocycles. The Labute approximate surface area is 89.4 Å². The van der Waals surface area contributed by atoms with Crippen molar-refractivity contribution in [3.05, 3.63) is 0 Å². The average Bonchev–Trinajstić information content (AvgIpc) is 2.08. The monoisotopic (exact) mass is 252 g/mol. The summed E-state index contributed by atoms with van der Waals surface area (Å²) in [6.45, 7) is 1.78. The Bertz CT molecular complexity index is 193. The predicted octanol–water partition coefficient (Wildman–Crippen LogP) is 3.81. The summed E-state index contributed by atoms with van der Waals surface area (Å²) in [5.41, 5.74) is -4.58. The lowest BCUT2D eigenvalue weighted by Gasteiger charge is -2.32. The Morgan fingerprint density at radius 3 is 1.56 bits per heavy atom. The fraction of sp³-hybridized carbons (Fsp3) is 1.00. The van der Waals surface area contributed by atoms with Crippen LogP contribution in [-0.2, 0) is 0 Å². The van der Waals surface area contributed by atoms with E-state index in [0.29, 0.717) is 12.8 Å². The molecule has 0 bridgehead atoms. The molecule has 0 aromatic carbocycles. The van der Waals surface area contributed by atoms with Crippen LogP contribution in [0, 0.1) is 0 Å². The summed E-state index contributed by atoms with van der Waals surface area (Å²) in [5, 5.41) is 8.73. The molecule has 0 radical (unpaired) electrons. The first-order chi connectivity index (χ1) is 7.06. The van der Waals surface area contributed by atoms with Gasteiger partial charge < -0.3 is 5.11 Å². The Morgan fingerprint density at radius 2 is 1.25 bits per heavy atom. The molecule has 98 valence electrons. The zero-order valence-electron chi connectivity index (χ0n) is 8.75. The highest BCUT2D eigenvalue weighted by molar-refractivity contribution is 4.93. The Balaban J connectivity index is 4.59. The number of rotatable bonds is 5. The van der Waals surface area contributed by atoms with Crippen molar-refractivity contribution in [1.82, 2.24) is 0 Å². The molecule has 0 unspecified atom stereocenters. The van der Waals surface area contributed by atoms with Gasteiger partial charge in [-0.15, -0.1) is 0 Å². The number of hydrogen-bond acceptors (Lipinski definition) is 1. The van der Waals surface area contributed by atoms with Gasteiger partial charge in [-0.3, -0.25) is 0 Å². The van der Waals surface area contributed by atoms with Crippen LogP contribution in [0.4, 0.5) is 26.3 Å². The number of aliphatic hydroxyl groups is 1. The van der Waals surface area contributed by atoms with E-state index in [1.807, 2.05) is 0 Å². The number of unbranched alkanes of at least 4 members (excludes halogenated alkanes) is 3. The summed E-state index contributed by atoms with van der Waals surface area (Å²) in [6.07, 6.45) is -11.5. The van der Waals surface area contributed by atoms with Crippen molar-refractivity contribution >= 4 is 0 Å². The van der Waals surface area contributed by atoms with Gasteiger partial charge >= 0.3 is 12.4 Å². The molecule has 0 aliphatic carbocycles. The third-order valence-corrected chi connectivity index (χ3v) is 2.33. The molecule has 1 N–H and O–H groups in total. The molecule has 0 atom stereocenters. The first-order valence-electron chi connectivity index (χ1n) is 4.92. The van der Waals surface area contributed by atoms with Crippen molar-refractivity contribution in [1.29, 1.82) is 0 Å². The second-order valence-electron chi connectivity index (χ2n) is 3.67. The summed E-state index contributed by atoms with van der Waals surface area (Å²) in [4.78, 5) is 0. The molecule has 0 rings (SSSR count). The molecule has 0 saturated heterocycles. The van der Waals surface area contributed by atoms with Crippen LogP contribution in [-0.4, -0.2) is 23.1 Å². The molecule has 0 aliphatic rings. The topological polar surface area (TPSA) is 20.2 Å². The van der Waals surface area contributed by atoms with Crippen molar-refractivity contribution in [2.75, 3.05) is 0 Å². The van der Waals surface area contributed by atoms with Crippen molar-refractivity contribution < 1.29 is 31.4 Å². The van der Waals surface area contributed by atoms with E-state index in [1.54, 1.807) is 6.92 Å². The first-order valence-corrected chi connectivity index (χ1v) is 4.92. The number of hydrogen-bond donors (Lipinski definition) is 1. The largest absolute Gasteiger partial charge is 0.426 e. The number of alkyl halides is 6. The van der Waals surface area contributed by atoms with Crippen LogP contribution in [0.15, 0.2) is 0 Å². The Kier molecular flexibility index (Phi) is 5.10. The van der Waals surface area contributed by atoms with Gasteiger partial charge in [-0.1, -0.05) is 26.2 Å². The van der Waals surface area contributed by atoms with Crippen molar-refractivity contribution in [3.8, 4) is 0 Å². The van der Waals surface area contributed by atoms with Gasteiger partial charge in [0.2, 0.25) is 0 Å². The van der Waals surface area contributed by atoms with Gasteiger partial charge in [-0.25, -0.2) is 0 Å². The van der Waals surface area contributed by atoms with Gasteiger partial charge in [0.25, 0.3) is 5.60 Å². The van der Waals surface area contributed by atoms with E-state index in [0.717, 1.165) is 0 Å². The van der Waals surface area contributed by atoms with E-state index < -0.39 is 24.4 Å². The number of halogens is 6. The summed E-state index contributed by atoms with van der Waals surface area (Å²) >= 11 is 0. The third-order valence-electron chi connectivity index (χ3n) is 2.33. The standard InChI is InChI=1S/C9H14F6O/c1-2-3-4-5-6-7(16,8(10,11)12)9(13,14)15/h16H,2-6H2,1H3. The molecule has 0 amide bonds. The van der Waals surface area contributed by atoms with E-state index in [2.05, 4.69) is 0 Å². The van der Waals surface area contributed by atoms with Crippen LogP contribution in [0.2, 0.25) is 0 Å². The summed E-state index contributed by atoms with van der Waals surface area (Å²) < 4.78 is 72.8. The van der Waals surface area contributed by atoms with E-state index >= 15 is 0 Å². The Morgan fingerprint density at radius 1 is 0.812 bits per heavy atom. The molecule has 0 spiro atoms. The molecule has 0 saturated carbocycles. The summed E-state index contributed by atoms with van der Waals surface area (Å²) in [7, 11) is 0. The van der Waals surface area contributed by atoms with Gasteiger partial charge in [0.05, 0.1) is 0 Å². The van der Waals surface area contributed by atoms with Gasteiger partial charge in [0.1, 0.15) is 0 Å². The van der Waals surface area contributed by atoms with Crippen LogP contribution in [0.3, 0.4) is 0 Å².